The number of aryl methyl sites for hydroxylation is 1. The quantitative estimate of drug-likeness (QED) is 0.795. The van der Waals surface area contributed by atoms with Crippen LogP contribution in [0.3, 0.4) is 0 Å². The first-order valence-corrected chi connectivity index (χ1v) is 6.01. The van der Waals surface area contributed by atoms with Gasteiger partial charge in [0, 0.05) is 10.1 Å². The summed E-state index contributed by atoms with van der Waals surface area (Å²) in [6.45, 7) is 2.15. The molecule has 0 unspecified atom stereocenters. The van der Waals surface area contributed by atoms with E-state index in [-0.39, 0.29) is 0 Å². The van der Waals surface area contributed by atoms with Crippen LogP contribution >= 0.6 is 33.9 Å². The Labute approximate surface area is 94.5 Å². The van der Waals surface area contributed by atoms with Crippen LogP contribution in [0, 0.1) is 2.88 Å². The number of fused-ring (bicyclic) bond motifs is 1. The van der Waals surface area contributed by atoms with Crippen molar-refractivity contribution in [2.24, 2.45) is 0 Å². The van der Waals surface area contributed by atoms with Gasteiger partial charge >= 0.3 is 0 Å². The Bertz CT molecular complexity index is 447. The maximum atomic E-state index is 9.36. The summed E-state index contributed by atoms with van der Waals surface area (Å²) in [6.07, 6.45) is 1.03. The van der Waals surface area contributed by atoms with Crippen LogP contribution in [0.1, 0.15) is 12.5 Å². The second-order valence-electron chi connectivity index (χ2n) is 2.89. The van der Waals surface area contributed by atoms with Gasteiger partial charge in [-0.05, 0) is 52.8 Å². The van der Waals surface area contributed by atoms with Crippen molar-refractivity contribution in [3.8, 4) is 5.75 Å². The number of hydrogen-bond acceptors (Lipinski definition) is 2. The molecular weight excluding hydrogens is 295 g/mol. The first-order chi connectivity index (χ1) is 6.22. The maximum Gasteiger partial charge on any atom is 0.116 e. The summed E-state index contributed by atoms with van der Waals surface area (Å²) in [4.78, 5) is 0. The van der Waals surface area contributed by atoms with Gasteiger partial charge in [0.05, 0.1) is 2.88 Å². The lowest BCUT2D eigenvalue weighted by molar-refractivity contribution is 0.476. The highest BCUT2D eigenvalue weighted by molar-refractivity contribution is 14.1. The van der Waals surface area contributed by atoms with Crippen LogP contribution in [0.15, 0.2) is 18.2 Å². The van der Waals surface area contributed by atoms with E-state index in [1.807, 2.05) is 12.1 Å². The highest BCUT2D eigenvalue weighted by atomic mass is 127. The predicted molar refractivity (Wildman–Crippen MR) is 65.6 cm³/mol. The van der Waals surface area contributed by atoms with E-state index in [9.17, 15) is 5.11 Å². The van der Waals surface area contributed by atoms with Crippen molar-refractivity contribution in [2.45, 2.75) is 13.3 Å². The normalized spacial score (nSPS) is 10.9. The standard InChI is InChI=1S/C10H9IOS/c1-2-7-8-5-6(12)3-4-9(8)13-10(7)11/h3-5,12H,2H2,1H3. The largest absolute Gasteiger partial charge is 0.508 e. The summed E-state index contributed by atoms with van der Waals surface area (Å²) in [5.74, 6) is 0.358. The van der Waals surface area contributed by atoms with Crippen LogP contribution in [-0.2, 0) is 6.42 Å². The first-order valence-electron chi connectivity index (χ1n) is 4.12. The molecule has 0 aliphatic rings. The van der Waals surface area contributed by atoms with Gasteiger partial charge in [-0.1, -0.05) is 6.92 Å². The highest BCUT2D eigenvalue weighted by Gasteiger charge is 2.08. The van der Waals surface area contributed by atoms with Gasteiger partial charge in [0.25, 0.3) is 0 Å². The van der Waals surface area contributed by atoms with E-state index in [1.54, 1.807) is 17.4 Å². The molecule has 13 heavy (non-hydrogen) atoms. The summed E-state index contributed by atoms with van der Waals surface area (Å²) in [6, 6.07) is 5.58. The SMILES string of the molecule is CCc1c(I)sc2ccc(O)cc12. The molecule has 0 spiro atoms. The third kappa shape index (κ3) is 1.55. The van der Waals surface area contributed by atoms with Gasteiger partial charge < -0.3 is 5.11 Å². The summed E-state index contributed by atoms with van der Waals surface area (Å²) in [5.41, 5.74) is 1.36. The number of phenolic OH excluding ortho intramolecular Hbond substituents is 1. The van der Waals surface area contributed by atoms with Crippen molar-refractivity contribution < 1.29 is 5.11 Å². The van der Waals surface area contributed by atoms with Crippen molar-refractivity contribution >= 4 is 44.0 Å². The lowest BCUT2D eigenvalue weighted by atomic mass is 10.1. The third-order valence-corrected chi connectivity index (χ3v) is 4.39. The molecule has 0 amide bonds. The topological polar surface area (TPSA) is 20.2 Å². The Balaban J connectivity index is 2.80. The molecule has 2 rings (SSSR count). The number of halogens is 1. The number of benzene rings is 1. The Kier molecular flexibility index (Phi) is 2.47. The fourth-order valence-electron chi connectivity index (χ4n) is 1.44. The number of aromatic hydroxyl groups is 1. The smallest absolute Gasteiger partial charge is 0.116 e. The van der Waals surface area contributed by atoms with E-state index in [1.165, 1.54) is 18.5 Å². The zero-order valence-corrected chi connectivity index (χ0v) is 10.1. The van der Waals surface area contributed by atoms with E-state index in [2.05, 4.69) is 29.5 Å². The van der Waals surface area contributed by atoms with Crippen LogP contribution in [-0.4, -0.2) is 5.11 Å². The molecule has 1 aromatic heterocycles. The van der Waals surface area contributed by atoms with Crippen molar-refractivity contribution in [1.82, 2.24) is 0 Å². The number of hydrogen-bond donors (Lipinski definition) is 1. The van der Waals surface area contributed by atoms with Gasteiger partial charge in [-0.15, -0.1) is 11.3 Å². The second kappa shape index (κ2) is 3.46. The molecule has 0 aliphatic heterocycles. The summed E-state index contributed by atoms with van der Waals surface area (Å²) in [7, 11) is 0. The molecule has 2 aromatic rings. The van der Waals surface area contributed by atoms with Gasteiger partial charge in [-0.3, -0.25) is 0 Å². The molecule has 0 bridgehead atoms. The molecule has 1 nitrogen and oxygen atoms in total. The van der Waals surface area contributed by atoms with Crippen LogP contribution in [0.4, 0.5) is 0 Å². The van der Waals surface area contributed by atoms with Crippen LogP contribution < -0.4 is 0 Å². The van der Waals surface area contributed by atoms with Gasteiger partial charge in [0.2, 0.25) is 0 Å². The monoisotopic (exact) mass is 304 g/mol. The van der Waals surface area contributed by atoms with E-state index < -0.39 is 0 Å². The molecule has 1 N–H and O–H groups in total. The molecular formula is C10H9IOS. The lowest BCUT2D eigenvalue weighted by Crippen LogP contribution is -1.78. The molecule has 0 saturated carbocycles. The number of rotatable bonds is 1. The van der Waals surface area contributed by atoms with Crippen molar-refractivity contribution in [2.75, 3.05) is 0 Å². The average molecular weight is 304 g/mol. The second-order valence-corrected chi connectivity index (χ2v) is 5.75. The average Bonchev–Trinajstić information content (AvgIpc) is 2.40. The summed E-state index contributed by atoms with van der Waals surface area (Å²) < 4.78 is 2.60. The van der Waals surface area contributed by atoms with Gasteiger partial charge in [0.1, 0.15) is 5.75 Å². The van der Waals surface area contributed by atoms with Crippen molar-refractivity contribution in [3.63, 3.8) is 0 Å². The third-order valence-electron chi connectivity index (χ3n) is 2.08. The van der Waals surface area contributed by atoms with Crippen LogP contribution in [0.2, 0.25) is 0 Å². The van der Waals surface area contributed by atoms with E-state index in [0.29, 0.717) is 5.75 Å². The van der Waals surface area contributed by atoms with Crippen molar-refractivity contribution in [1.29, 1.82) is 0 Å². The molecule has 1 heterocycles. The molecule has 0 fully saturated rings. The fourth-order valence-corrected chi connectivity index (χ4v) is 3.82. The van der Waals surface area contributed by atoms with Crippen molar-refractivity contribution in [3.05, 3.63) is 26.6 Å². The summed E-state index contributed by atoms with van der Waals surface area (Å²) >= 11 is 4.15. The summed E-state index contributed by atoms with van der Waals surface area (Å²) in [5, 5.41) is 10.6. The number of thiophene rings is 1. The van der Waals surface area contributed by atoms with E-state index >= 15 is 0 Å². The Morgan fingerprint density at radius 3 is 2.92 bits per heavy atom. The first kappa shape index (κ1) is 9.27. The predicted octanol–water partition coefficient (Wildman–Crippen LogP) is 3.77. The molecule has 3 heteroatoms. The minimum Gasteiger partial charge on any atom is -0.508 e. The minimum absolute atomic E-state index is 0.358. The van der Waals surface area contributed by atoms with Gasteiger partial charge in [-0.25, -0.2) is 0 Å². The lowest BCUT2D eigenvalue weighted by Gasteiger charge is -1.95. The zero-order valence-electron chi connectivity index (χ0n) is 7.17. The molecule has 0 aliphatic carbocycles. The molecule has 68 valence electrons. The molecule has 0 radical (unpaired) electrons. The van der Waals surface area contributed by atoms with E-state index in [0.717, 1.165) is 6.42 Å². The van der Waals surface area contributed by atoms with E-state index in [4.69, 9.17) is 0 Å². The van der Waals surface area contributed by atoms with Crippen LogP contribution in [0.25, 0.3) is 10.1 Å². The van der Waals surface area contributed by atoms with Gasteiger partial charge in [-0.2, -0.15) is 0 Å². The Morgan fingerprint density at radius 2 is 2.23 bits per heavy atom. The fraction of sp³-hybridized carbons (Fsp3) is 0.200. The molecule has 0 atom stereocenters. The maximum absolute atomic E-state index is 9.36. The Hall–Kier alpha value is -0.290. The van der Waals surface area contributed by atoms with Gasteiger partial charge in [0.15, 0.2) is 0 Å². The minimum atomic E-state index is 0.358. The highest BCUT2D eigenvalue weighted by Crippen LogP contribution is 2.34. The zero-order chi connectivity index (χ0) is 9.42. The molecule has 1 aromatic carbocycles. The van der Waals surface area contributed by atoms with Crippen LogP contribution in [0.5, 0.6) is 5.75 Å². The molecule has 0 saturated heterocycles. The Morgan fingerprint density at radius 1 is 1.46 bits per heavy atom. The number of phenols is 1.